The minimum Gasteiger partial charge on any atom is -0.385 e. The summed E-state index contributed by atoms with van der Waals surface area (Å²) in [7, 11) is 0. The first-order valence-electron chi connectivity index (χ1n) is 5.99. The first-order chi connectivity index (χ1) is 9.75. The third-order valence-corrected chi connectivity index (χ3v) is 2.85. The van der Waals surface area contributed by atoms with Crippen molar-refractivity contribution in [1.82, 2.24) is 9.97 Å². The lowest BCUT2D eigenvalue weighted by Crippen LogP contribution is -1.96. The van der Waals surface area contributed by atoms with Gasteiger partial charge in [-0.3, -0.25) is 9.78 Å². The van der Waals surface area contributed by atoms with E-state index < -0.39 is 5.91 Å². The zero-order valence-electron chi connectivity index (χ0n) is 10.4. The molecule has 0 atom stereocenters. The summed E-state index contributed by atoms with van der Waals surface area (Å²) in [6.45, 7) is 0. The van der Waals surface area contributed by atoms with Gasteiger partial charge < -0.3 is 10.7 Å². The number of carbonyl (C=O) groups excluding carboxylic acids is 1. The minimum atomic E-state index is -0.497. The Bertz CT molecular complexity index is 792. The van der Waals surface area contributed by atoms with E-state index in [2.05, 4.69) is 20.2 Å². The number of aromatic amines is 1. The van der Waals surface area contributed by atoms with Crippen LogP contribution in [-0.2, 0) is 0 Å². The summed E-state index contributed by atoms with van der Waals surface area (Å²) in [5.41, 5.74) is 6.09. The molecule has 1 aromatic carbocycles. The molecule has 0 spiro atoms. The van der Waals surface area contributed by atoms with Gasteiger partial charge in [0.05, 0.1) is 0 Å². The predicted octanol–water partition coefficient (Wildman–Crippen LogP) is 3.07. The molecule has 0 saturated heterocycles. The van der Waals surface area contributed by atoms with Gasteiger partial charge in [-0.1, -0.05) is 30.3 Å². The maximum Gasteiger partial charge on any atom is 0.313 e. The maximum absolute atomic E-state index is 11.8. The summed E-state index contributed by atoms with van der Waals surface area (Å²) in [4.78, 5) is 18.6. The van der Waals surface area contributed by atoms with E-state index >= 15 is 0 Å². The number of benzene rings is 1. The SMILES string of the molecule is Nc1[nH]c(N=NC(=O)c2ccccn2)c2ccccc12. The number of nitrogens with zero attached hydrogens (tertiary/aromatic N) is 3. The van der Waals surface area contributed by atoms with E-state index in [1.807, 2.05) is 24.3 Å². The number of hydrogen-bond acceptors (Lipinski definition) is 4. The molecule has 0 unspecified atom stereocenters. The van der Waals surface area contributed by atoms with E-state index in [1.165, 1.54) is 6.20 Å². The van der Waals surface area contributed by atoms with Crippen LogP contribution in [0.25, 0.3) is 10.8 Å². The normalized spacial score (nSPS) is 11.2. The third-order valence-electron chi connectivity index (χ3n) is 2.85. The fraction of sp³-hybridized carbons (Fsp3) is 0. The number of hydrogen-bond donors (Lipinski definition) is 2. The van der Waals surface area contributed by atoms with Crippen molar-refractivity contribution in [2.45, 2.75) is 0 Å². The second kappa shape index (κ2) is 4.93. The van der Waals surface area contributed by atoms with E-state index in [4.69, 9.17) is 5.73 Å². The predicted molar refractivity (Wildman–Crippen MR) is 75.8 cm³/mol. The highest BCUT2D eigenvalue weighted by Crippen LogP contribution is 2.30. The number of amides is 1. The zero-order valence-corrected chi connectivity index (χ0v) is 10.4. The van der Waals surface area contributed by atoms with Crippen molar-refractivity contribution in [3.63, 3.8) is 0 Å². The number of nitrogens with one attached hydrogen (secondary N) is 1. The Morgan fingerprint density at radius 3 is 2.60 bits per heavy atom. The van der Waals surface area contributed by atoms with Gasteiger partial charge in [-0.25, -0.2) is 0 Å². The Hall–Kier alpha value is -3.02. The summed E-state index contributed by atoms with van der Waals surface area (Å²) >= 11 is 0. The summed E-state index contributed by atoms with van der Waals surface area (Å²) in [6.07, 6.45) is 1.53. The molecule has 0 radical (unpaired) electrons. The zero-order chi connectivity index (χ0) is 13.9. The molecule has 2 aromatic heterocycles. The van der Waals surface area contributed by atoms with Gasteiger partial charge in [0.2, 0.25) is 0 Å². The minimum absolute atomic E-state index is 0.250. The molecule has 0 saturated carbocycles. The van der Waals surface area contributed by atoms with Gasteiger partial charge in [0.15, 0.2) is 5.82 Å². The van der Waals surface area contributed by atoms with E-state index in [0.29, 0.717) is 11.6 Å². The molecule has 0 aliphatic carbocycles. The van der Waals surface area contributed by atoms with Crippen molar-refractivity contribution in [2.75, 3.05) is 5.73 Å². The molecule has 2 heterocycles. The molecule has 0 bridgehead atoms. The number of azo groups is 1. The average Bonchev–Trinajstić information content (AvgIpc) is 2.83. The van der Waals surface area contributed by atoms with Crippen LogP contribution < -0.4 is 5.73 Å². The fourth-order valence-corrected chi connectivity index (χ4v) is 1.90. The lowest BCUT2D eigenvalue weighted by molar-refractivity contribution is 0.0990. The number of anilines is 1. The van der Waals surface area contributed by atoms with Crippen LogP contribution in [0.2, 0.25) is 0 Å². The molecule has 3 aromatic rings. The van der Waals surface area contributed by atoms with Gasteiger partial charge in [0.25, 0.3) is 0 Å². The molecule has 3 N–H and O–H groups in total. The van der Waals surface area contributed by atoms with E-state index in [-0.39, 0.29) is 5.69 Å². The summed E-state index contributed by atoms with van der Waals surface area (Å²) in [5, 5.41) is 9.27. The van der Waals surface area contributed by atoms with Crippen LogP contribution in [0, 0.1) is 0 Å². The summed E-state index contributed by atoms with van der Waals surface area (Å²) in [6, 6.07) is 12.5. The molecule has 0 aliphatic rings. The monoisotopic (exact) mass is 265 g/mol. The topological polar surface area (TPSA) is 96.5 Å². The van der Waals surface area contributed by atoms with Crippen LogP contribution in [-0.4, -0.2) is 15.9 Å². The highest BCUT2D eigenvalue weighted by atomic mass is 16.1. The third kappa shape index (κ3) is 2.14. The quantitative estimate of drug-likeness (QED) is 0.697. The van der Waals surface area contributed by atoms with Crippen molar-refractivity contribution in [3.8, 4) is 0 Å². The van der Waals surface area contributed by atoms with Crippen molar-refractivity contribution >= 4 is 28.3 Å². The van der Waals surface area contributed by atoms with Gasteiger partial charge >= 0.3 is 5.91 Å². The van der Waals surface area contributed by atoms with Crippen LogP contribution >= 0.6 is 0 Å². The Balaban J connectivity index is 1.94. The number of carbonyl (C=O) groups is 1. The largest absolute Gasteiger partial charge is 0.385 e. The van der Waals surface area contributed by atoms with Gasteiger partial charge in [0.1, 0.15) is 11.5 Å². The van der Waals surface area contributed by atoms with Crippen molar-refractivity contribution in [2.24, 2.45) is 10.2 Å². The second-order valence-corrected chi connectivity index (χ2v) is 4.15. The van der Waals surface area contributed by atoms with Crippen molar-refractivity contribution in [1.29, 1.82) is 0 Å². The Morgan fingerprint density at radius 2 is 1.85 bits per heavy atom. The molecule has 1 amide bonds. The smallest absolute Gasteiger partial charge is 0.313 e. The van der Waals surface area contributed by atoms with E-state index in [1.54, 1.807) is 18.2 Å². The highest BCUT2D eigenvalue weighted by molar-refractivity contribution is 6.00. The Labute approximate surface area is 114 Å². The van der Waals surface area contributed by atoms with Crippen LogP contribution in [0.3, 0.4) is 0 Å². The maximum atomic E-state index is 11.8. The lowest BCUT2D eigenvalue weighted by atomic mass is 10.2. The van der Waals surface area contributed by atoms with Gasteiger partial charge in [0, 0.05) is 17.0 Å². The standard InChI is InChI=1S/C14H11N5O/c15-12-9-5-1-2-6-10(9)13(17-12)18-19-14(20)11-7-3-4-8-16-11/h1-8,17H,15H2. The first-order valence-corrected chi connectivity index (χ1v) is 5.99. The number of nitrogens with two attached hydrogens (primary N) is 1. The molecule has 6 heteroatoms. The van der Waals surface area contributed by atoms with E-state index in [0.717, 1.165) is 10.8 Å². The van der Waals surface area contributed by atoms with Gasteiger partial charge in [-0.2, -0.15) is 0 Å². The molecular weight excluding hydrogens is 254 g/mol. The van der Waals surface area contributed by atoms with Crippen LogP contribution in [0.1, 0.15) is 10.5 Å². The van der Waals surface area contributed by atoms with E-state index in [9.17, 15) is 4.79 Å². The summed E-state index contributed by atoms with van der Waals surface area (Å²) in [5.74, 6) is 0.463. The average molecular weight is 265 g/mol. The molecule has 20 heavy (non-hydrogen) atoms. The van der Waals surface area contributed by atoms with Gasteiger partial charge in [-0.05, 0) is 12.1 Å². The summed E-state index contributed by atoms with van der Waals surface area (Å²) < 4.78 is 0. The number of H-pyrrole nitrogens is 1. The van der Waals surface area contributed by atoms with Crippen LogP contribution in [0.5, 0.6) is 0 Å². The molecule has 98 valence electrons. The number of nitrogen functional groups attached to an aromatic ring is 1. The molecule has 6 nitrogen and oxygen atoms in total. The number of pyridine rings is 1. The van der Waals surface area contributed by atoms with Gasteiger partial charge in [-0.15, -0.1) is 10.2 Å². The van der Waals surface area contributed by atoms with Crippen LogP contribution in [0.15, 0.2) is 58.9 Å². The number of rotatable bonds is 2. The molecule has 3 rings (SSSR count). The Morgan fingerprint density at radius 1 is 1.10 bits per heavy atom. The first kappa shape index (κ1) is 12.0. The fourth-order valence-electron chi connectivity index (χ4n) is 1.90. The molecular formula is C14H11N5O. The molecule has 0 fully saturated rings. The Kier molecular flexibility index (Phi) is 2.96. The second-order valence-electron chi connectivity index (χ2n) is 4.15. The number of fused-ring (bicyclic) bond motifs is 1. The number of aromatic nitrogens is 2. The van der Waals surface area contributed by atoms with Crippen molar-refractivity contribution in [3.05, 3.63) is 54.4 Å². The lowest BCUT2D eigenvalue weighted by Gasteiger charge is -1.92. The highest BCUT2D eigenvalue weighted by Gasteiger charge is 2.08. The van der Waals surface area contributed by atoms with Crippen molar-refractivity contribution < 1.29 is 4.79 Å². The molecule has 0 aliphatic heterocycles. The van der Waals surface area contributed by atoms with Crippen LogP contribution in [0.4, 0.5) is 11.6 Å².